The highest BCUT2D eigenvalue weighted by atomic mass is 32.1. The van der Waals surface area contributed by atoms with Crippen molar-refractivity contribution >= 4 is 46.6 Å². The lowest BCUT2D eigenvalue weighted by Crippen LogP contribution is -2.45. The number of anilines is 2. The van der Waals surface area contributed by atoms with Crippen LogP contribution in [0.3, 0.4) is 0 Å². The number of aromatic nitrogens is 1. The van der Waals surface area contributed by atoms with Gasteiger partial charge in [0, 0.05) is 5.69 Å². The van der Waals surface area contributed by atoms with Gasteiger partial charge in [0.2, 0.25) is 5.91 Å². The fraction of sp³-hybridized carbons (Fsp3) is 0.208. The van der Waals surface area contributed by atoms with Gasteiger partial charge in [0.25, 0.3) is 11.8 Å². The summed E-state index contributed by atoms with van der Waals surface area (Å²) in [6, 6.07) is 10.4. The number of primary amides is 1. The molecule has 1 aromatic heterocycles. The third kappa shape index (κ3) is 5.84. The number of ether oxygens (including phenoxy) is 1. The molecule has 0 aliphatic heterocycles. The van der Waals surface area contributed by atoms with Crippen LogP contribution in [0.2, 0.25) is 0 Å². The Kier molecular flexibility index (Phi) is 8.33. The first kappa shape index (κ1) is 26.3. The highest BCUT2D eigenvalue weighted by molar-refractivity contribution is 7.09. The van der Waals surface area contributed by atoms with Crippen molar-refractivity contribution in [3.05, 3.63) is 76.0 Å². The van der Waals surface area contributed by atoms with E-state index in [1.165, 1.54) is 12.1 Å². The van der Waals surface area contributed by atoms with Crippen LogP contribution in [0.4, 0.5) is 15.8 Å². The van der Waals surface area contributed by atoms with Gasteiger partial charge in [-0.15, -0.1) is 0 Å². The van der Waals surface area contributed by atoms with Gasteiger partial charge >= 0.3 is 5.97 Å². The van der Waals surface area contributed by atoms with E-state index in [2.05, 4.69) is 9.69 Å². The van der Waals surface area contributed by atoms with E-state index in [9.17, 15) is 23.6 Å². The first-order valence-electron chi connectivity index (χ1n) is 10.8. The Hall–Kier alpha value is -4.32. The molecule has 0 saturated carbocycles. The average molecular weight is 514 g/mol. The lowest BCUT2D eigenvalue weighted by Gasteiger charge is -2.31. The molecule has 36 heavy (non-hydrogen) atoms. The SMILES string of the molecule is CCOC(=O)CNC(=O)C(c1ccc(F)cc1)N(C(=O)c1snc(C(N)=O)c1N)c1cccc(C)c1. The lowest BCUT2D eigenvalue weighted by atomic mass is 10.0. The van der Waals surface area contributed by atoms with E-state index in [1.807, 2.05) is 0 Å². The maximum absolute atomic E-state index is 13.9. The van der Waals surface area contributed by atoms with Gasteiger partial charge < -0.3 is 21.5 Å². The molecular weight excluding hydrogens is 489 g/mol. The molecule has 0 aliphatic carbocycles. The van der Waals surface area contributed by atoms with E-state index in [0.29, 0.717) is 17.2 Å². The fourth-order valence-electron chi connectivity index (χ4n) is 3.43. The van der Waals surface area contributed by atoms with Crippen LogP contribution in [-0.2, 0) is 14.3 Å². The lowest BCUT2D eigenvalue weighted by molar-refractivity contribution is -0.143. The molecule has 0 spiro atoms. The minimum absolute atomic E-state index is 0.115. The number of nitrogen functional groups attached to an aromatic ring is 1. The summed E-state index contributed by atoms with van der Waals surface area (Å²) in [4.78, 5) is 51.9. The third-order valence-corrected chi connectivity index (χ3v) is 5.91. The molecule has 3 aromatic rings. The zero-order valence-electron chi connectivity index (χ0n) is 19.5. The van der Waals surface area contributed by atoms with Crippen LogP contribution >= 0.6 is 11.5 Å². The number of carbonyl (C=O) groups is 4. The molecule has 1 atom stereocenters. The van der Waals surface area contributed by atoms with Crippen LogP contribution in [0, 0.1) is 12.7 Å². The minimum atomic E-state index is -1.35. The van der Waals surface area contributed by atoms with Crippen molar-refractivity contribution < 1.29 is 28.3 Å². The third-order valence-electron chi connectivity index (χ3n) is 5.06. The number of esters is 1. The van der Waals surface area contributed by atoms with Gasteiger partial charge in [-0.2, -0.15) is 4.37 Å². The molecule has 0 radical (unpaired) electrons. The van der Waals surface area contributed by atoms with Gasteiger partial charge in [0.15, 0.2) is 5.69 Å². The number of hydrogen-bond donors (Lipinski definition) is 3. The van der Waals surface area contributed by atoms with Crippen LogP contribution in [-0.4, -0.2) is 41.2 Å². The zero-order chi connectivity index (χ0) is 26.4. The number of nitrogens with one attached hydrogen (secondary N) is 1. The number of amides is 3. The summed E-state index contributed by atoms with van der Waals surface area (Å²) in [5.74, 6) is -3.61. The van der Waals surface area contributed by atoms with Crippen molar-refractivity contribution in [2.45, 2.75) is 19.9 Å². The number of carbonyl (C=O) groups excluding carboxylic acids is 4. The second kappa shape index (κ2) is 11.4. The number of rotatable bonds is 9. The van der Waals surface area contributed by atoms with Crippen molar-refractivity contribution in [1.82, 2.24) is 9.69 Å². The Bertz CT molecular complexity index is 1290. The maximum Gasteiger partial charge on any atom is 0.325 e. The number of aryl methyl sites for hydroxylation is 1. The Labute approximate surface area is 210 Å². The van der Waals surface area contributed by atoms with Crippen molar-refractivity contribution in [3.8, 4) is 0 Å². The van der Waals surface area contributed by atoms with Gasteiger partial charge in [-0.05, 0) is 60.8 Å². The Morgan fingerprint density at radius 3 is 2.44 bits per heavy atom. The molecule has 1 heterocycles. The van der Waals surface area contributed by atoms with Crippen molar-refractivity contribution in [2.75, 3.05) is 23.8 Å². The Morgan fingerprint density at radius 2 is 1.86 bits per heavy atom. The van der Waals surface area contributed by atoms with Crippen molar-refractivity contribution in [2.24, 2.45) is 5.73 Å². The van der Waals surface area contributed by atoms with Gasteiger partial charge in [0.1, 0.15) is 23.3 Å². The summed E-state index contributed by atoms with van der Waals surface area (Å²) in [6.07, 6.45) is 0. The van der Waals surface area contributed by atoms with E-state index < -0.39 is 42.1 Å². The van der Waals surface area contributed by atoms with Gasteiger partial charge in [-0.3, -0.25) is 24.1 Å². The highest BCUT2D eigenvalue weighted by Gasteiger charge is 2.36. The van der Waals surface area contributed by atoms with Crippen LogP contribution in [0.15, 0.2) is 48.5 Å². The summed E-state index contributed by atoms with van der Waals surface area (Å²) in [6.45, 7) is 3.09. The molecule has 10 nitrogen and oxygen atoms in total. The standard InChI is InChI=1S/C24H24FN5O5S/c1-3-35-17(31)12-28-23(33)20(14-7-9-15(25)10-8-14)30(16-6-4-5-13(2)11-16)24(34)21-18(26)19(22(27)32)29-36-21/h4-11,20H,3,12,26H2,1-2H3,(H2,27,32)(H,28,33). The Morgan fingerprint density at radius 1 is 1.17 bits per heavy atom. The molecular formula is C24H24FN5O5S. The molecule has 2 aromatic carbocycles. The minimum Gasteiger partial charge on any atom is -0.465 e. The molecule has 3 amide bonds. The molecule has 5 N–H and O–H groups in total. The Balaban J connectivity index is 2.15. The predicted molar refractivity (Wildman–Crippen MR) is 132 cm³/mol. The van der Waals surface area contributed by atoms with E-state index >= 15 is 0 Å². The topological polar surface area (TPSA) is 158 Å². The summed E-state index contributed by atoms with van der Waals surface area (Å²) < 4.78 is 22.5. The van der Waals surface area contributed by atoms with Gasteiger partial charge in [-0.25, -0.2) is 4.39 Å². The normalized spacial score (nSPS) is 11.4. The van der Waals surface area contributed by atoms with E-state index in [1.54, 1.807) is 38.1 Å². The highest BCUT2D eigenvalue weighted by Crippen LogP contribution is 2.33. The zero-order valence-corrected chi connectivity index (χ0v) is 20.3. The van der Waals surface area contributed by atoms with Crippen LogP contribution in [0.1, 0.15) is 44.3 Å². The summed E-state index contributed by atoms with van der Waals surface area (Å²) in [5.41, 5.74) is 12.2. The van der Waals surface area contributed by atoms with Crippen LogP contribution in [0.5, 0.6) is 0 Å². The fourth-order valence-corrected chi connectivity index (χ4v) is 4.17. The second-order valence-corrected chi connectivity index (χ2v) is 8.40. The summed E-state index contributed by atoms with van der Waals surface area (Å²) in [7, 11) is 0. The smallest absolute Gasteiger partial charge is 0.325 e. The maximum atomic E-state index is 13.9. The molecule has 3 rings (SSSR count). The average Bonchev–Trinajstić information content (AvgIpc) is 3.23. The molecule has 0 bridgehead atoms. The number of halogens is 1. The van der Waals surface area contributed by atoms with Gasteiger partial charge in [0.05, 0.1) is 12.3 Å². The number of nitrogens with two attached hydrogens (primary N) is 2. The molecule has 0 aliphatic rings. The quantitative estimate of drug-likeness (QED) is 0.371. The second-order valence-electron chi connectivity index (χ2n) is 7.63. The molecule has 0 fully saturated rings. The summed E-state index contributed by atoms with van der Waals surface area (Å²) >= 11 is 0.659. The van der Waals surface area contributed by atoms with E-state index in [0.717, 1.165) is 22.6 Å². The van der Waals surface area contributed by atoms with Crippen molar-refractivity contribution in [3.63, 3.8) is 0 Å². The monoisotopic (exact) mass is 513 g/mol. The summed E-state index contributed by atoms with van der Waals surface area (Å²) in [5, 5.41) is 2.47. The number of hydrogen-bond acceptors (Lipinski definition) is 8. The molecule has 188 valence electrons. The largest absolute Gasteiger partial charge is 0.465 e. The predicted octanol–water partition coefficient (Wildman–Crippen LogP) is 2.34. The first-order valence-corrected chi connectivity index (χ1v) is 11.5. The molecule has 0 saturated heterocycles. The van der Waals surface area contributed by atoms with Crippen molar-refractivity contribution in [1.29, 1.82) is 0 Å². The molecule has 1 unspecified atom stereocenters. The number of benzene rings is 2. The van der Waals surface area contributed by atoms with E-state index in [4.69, 9.17) is 16.2 Å². The van der Waals surface area contributed by atoms with Gasteiger partial charge in [-0.1, -0.05) is 24.3 Å². The first-order chi connectivity index (χ1) is 17.1. The van der Waals surface area contributed by atoms with Crippen LogP contribution < -0.4 is 21.7 Å². The van der Waals surface area contributed by atoms with E-state index in [-0.39, 0.29) is 28.4 Å². The number of nitrogens with zero attached hydrogens (tertiary/aromatic N) is 2. The van der Waals surface area contributed by atoms with Crippen LogP contribution in [0.25, 0.3) is 0 Å². The molecule has 12 heteroatoms.